The van der Waals surface area contributed by atoms with E-state index in [0.717, 1.165) is 27.3 Å². The van der Waals surface area contributed by atoms with E-state index in [1.807, 2.05) is 52.8 Å². The largest absolute Gasteiger partial charge is 0.497 e. The summed E-state index contributed by atoms with van der Waals surface area (Å²) in [6.07, 6.45) is 1.46. The van der Waals surface area contributed by atoms with Gasteiger partial charge in [-0.15, -0.1) is 0 Å². The van der Waals surface area contributed by atoms with Gasteiger partial charge in [-0.05, 0) is 67.1 Å². The monoisotopic (exact) mass is 517 g/mol. The van der Waals surface area contributed by atoms with Crippen molar-refractivity contribution in [1.29, 1.82) is 0 Å². The van der Waals surface area contributed by atoms with Crippen molar-refractivity contribution in [3.8, 4) is 5.75 Å². The number of amides is 2. The number of ether oxygens (including phenoxy) is 1. The van der Waals surface area contributed by atoms with Crippen LogP contribution >= 0.6 is 0 Å². The zero-order chi connectivity index (χ0) is 27.0. The summed E-state index contributed by atoms with van der Waals surface area (Å²) in [5.41, 5.74) is 2.97. The van der Waals surface area contributed by atoms with Crippen molar-refractivity contribution in [3.63, 3.8) is 0 Å². The molecule has 2 amide bonds. The number of methoxy groups -OCH3 is 1. The maximum Gasteiger partial charge on any atom is 0.244 e. The molecular weight excluding hydrogens is 478 g/mol. The summed E-state index contributed by atoms with van der Waals surface area (Å²) in [5.74, 6) is 0.151. The highest BCUT2D eigenvalue weighted by atomic mass is 32.2. The lowest BCUT2D eigenvalue weighted by Gasteiger charge is -2.33. The third-order valence-corrected chi connectivity index (χ3v) is 6.87. The van der Waals surface area contributed by atoms with E-state index >= 15 is 0 Å². The van der Waals surface area contributed by atoms with Crippen LogP contribution in [0.25, 0.3) is 0 Å². The number of rotatable bonds is 12. The van der Waals surface area contributed by atoms with Crippen LogP contribution in [0.4, 0.5) is 5.69 Å². The minimum atomic E-state index is -3.77. The highest BCUT2D eigenvalue weighted by molar-refractivity contribution is 7.92. The molecule has 1 atom stereocenters. The molecule has 0 bridgehead atoms. The lowest BCUT2D eigenvalue weighted by atomic mass is 10.1. The van der Waals surface area contributed by atoms with Crippen LogP contribution in [0.3, 0.4) is 0 Å². The first-order valence-corrected chi connectivity index (χ1v) is 14.0. The molecule has 0 radical (unpaired) electrons. The lowest BCUT2D eigenvalue weighted by Crippen LogP contribution is -2.52. The van der Waals surface area contributed by atoms with Crippen molar-refractivity contribution in [2.24, 2.45) is 5.92 Å². The van der Waals surface area contributed by atoms with Gasteiger partial charge in [-0.2, -0.15) is 0 Å². The predicted octanol–water partition coefficient (Wildman–Crippen LogP) is 3.66. The Bertz CT molecular complexity index is 1140. The predicted molar refractivity (Wildman–Crippen MR) is 144 cm³/mol. The quantitative estimate of drug-likeness (QED) is 0.464. The first-order valence-electron chi connectivity index (χ1n) is 12.1. The summed E-state index contributed by atoms with van der Waals surface area (Å²) in [5, 5.41) is 2.92. The SMILES string of the molecule is CC[C@H](C(=O)NCC(C)C)N(Cc1cccc(OC)c1)C(=O)CN(c1cc(C)cc(C)c1)S(C)(=O)=O. The Morgan fingerprint density at radius 1 is 1.06 bits per heavy atom. The molecule has 0 saturated heterocycles. The molecule has 0 aliphatic heterocycles. The van der Waals surface area contributed by atoms with Crippen molar-refractivity contribution in [2.45, 2.75) is 53.6 Å². The molecule has 0 unspecified atom stereocenters. The molecule has 0 aliphatic carbocycles. The van der Waals surface area contributed by atoms with Gasteiger partial charge in [0, 0.05) is 13.1 Å². The summed E-state index contributed by atoms with van der Waals surface area (Å²) >= 11 is 0. The minimum Gasteiger partial charge on any atom is -0.497 e. The van der Waals surface area contributed by atoms with Gasteiger partial charge >= 0.3 is 0 Å². The number of nitrogens with one attached hydrogen (secondary N) is 1. The van der Waals surface area contributed by atoms with Gasteiger partial charge in [-0.3, -0.25) is 13.9 Å². The molecule has 0 heterocycles. The van der Waals surface area contributed by atoms with Gasteiger partial charge in [0.15, 0.2) is 0 Å². The zero-order valence-electron chi connectivity index (χ0n) is 22.4. The average Bonchev–Trinajstić information content (AvgIpc) is 2.79. The minimum absolute atomic E-state index is 0.133. The number of sulfonamides is 1. The first-order chi connectivity index (χ1) is 16.8. The van der Waals surface area contributed by atoms with Crippen LogP contribution in [0.15, 0.2) is 42.5 Å². The normalized spacial score (nSPS) is 12.2. The molecule has 1 N–H and O–H groups in total. The summed E-state index contributed by atoms with van der Waals surface area (Å²) < 4.78 is 31.9. The number of carbonyl (C=O) groups is 2. The summed E-state index contributed by atoms with van der Waals surface area (Å²) in [4.78, 5) is 28.3. The maximum atomic E-state index is 13.8. The second-order valence-electron chi connectivity index (χ2n) is 9.55. The van der Waals surface area contributed by atoms with E-state index in [-0.39, 0.29) is 18.4 Å². The summed E-state index contributed by atoms with van der Waals surface area (Å²) in [7, 11) is -2.21. The molecule has 2 aromatic carbocycles. The Hall–Kier alpha value is -3.07. The van der Waals surface area contributed by atoms with Crippen LogP contribution in [0.1, 0.15) is 43.9 Å². The second-order valence-corrected chi connectivity index (χ2v) is 11.5. The summed E-state index contributed by atoms with van der Waals surface area (Å²) in [6.45, 7) is 9.77. The Balaban J connectivity index is 2.47. The number of benzene rings is 2. The molecule has 0 aliphatic rings. The van der Waals surface area contributed by atoms with Gasteiger partial charge in [-0.1, -0.05) is 39.0 Å². The van der Waals surface area contributed by atoms with E-state index in [2.05, 4.69) is 5.32 Å². The van der Waals surface area contributed by atoms with Gasteiger partial charge in [0.05, 0.1) is 19.1 Å². The molecular formula is C27H39N3O5S. The third kappa shape index (κ3) is 8.26. The van der Waals surface area contributed by atoms with Gasteiger partial charge in [0.25, 0.3) is 0 Å². The average molecular weight is 518 g/mol. The third-order valence-electron chi connectivity index (χ3n) is 5.73. The molecule has 0 spiro atoms. The zero-order valence-corrected chi connectivity index (χ0v) is 23.2. The Morgan fingerprint density at radius 3 is 2.22 bits per heavy atom. The Kier molecular flexibility index (Phi) is 10.3. The maximum absolute atomic E-state index is 13.8. The van der Waals surface area contributed by atoms with E-state index < -0.39 is 28.5 Å². The van der Waals surface area contributed by atoms with E-state index in [1.165, 1.54) is 4.90 Å². The van der Waals surface area contributed by atoms with Crippen LogP contribution < -0.4 is 14.4 Å². The van der Waals surface area contributed by atoms with Gasteiger partial charge < -0.3 is 15.0 Å². The highest BCUT2D eigenvalue weighted by Gasteiger charge is 2.32. The highest BCUT2D eigenvalue weighted by Crippen LogP contribution is 2.23. The molecule has 2 aromatic rings. The van der Waals surface area contributed by atoms with E-state index in [9.17, 15) is 18.0 Å². The molecule has 36 heavy (non-hydrogen) atoms. The van der Waals surface area contributed by atoms with Crippen LogP contribution in [-0.4, -0.2) is 57.6 Å². The summed E-state index contributed by atoms with van der Waals surface area (Å²) in [6, 6.07) is 11.9. The lowest BCUT2D eigenvalue weighted by molar-refractivity contribution is -0.140. The number of hydrogen-bond acceptors (Lipinski definition) is 5. The number of carbonyl (C=O) groups excluding carboxylic acids is 2. The fourth-order valence-corrected chi connectivity index (χ4v) is 4.85. The second kappa shape index (κ2) is 12.8. The van der Waals surface area contributed by atoms with Crippen molar-refractivity contribution >= 4 is 27.5 Å². The Labute approximate surface area is 215 Å². The number of nitrogens with zero attached hydrogens (tertiary/aromatic N) is 2. The van der Waals surface area contributed by atoms with Crippen LogP contribution in [0.2, 0.25) is 0 Å². The van der Waals surface area contributed by atoms with Crippen molar-refractivity contribution < 1.29 is 22.7 Å². The van der Waals surface area contributed by atoms with Crippen LogP contribution in [0, 0.1) is 19.8 Å². The van der Waals surface area contributed by atoms with Crippen molar-refractivity contribution in [1.82, 2.24) is 10.2 Å². The smallest absolute Gasteiger partial charge is 0.244 e. The number of aryl methyl sites for hydroxylation is 2. The Morgan fingerprint density at radius 2 is 1.69 bits per heavy atom. The van der Waals surface area contributed by atoms with Gasteiger partial charge in [0.2, 0.25) is 21.8 Å². The first kappa shape index (κ1) is 29.2. The molecule has 2 rings (SSSR count). The van der Waals surface area contributed by atoms with Crippen LogP contribution in [0.5, 0.6) is 5.75 Å². The van der Waals surface area contributed by atoms with Crippen molar-refractivity contribution in [3.05, 3.63) is 59.2 Å². The standard InChI is InChI=1S/C27H39N3O5S/c1-8-25(27(32)28-16-19(2)3)29(17-22-10-9-11-24(15-22)35-6)26(31)18-30(36(7,33)34)23-13-20(4)12-21(5)14-23/h9-15,19,25H,8,16-18H2,1-7H3,(H,28,32)/t25-/m1/s1. The van der Waals surface area contributed by atoms with Crippen LogP contribution in [-0.2, 0) is 26.2 Å². The van der Waals surface area contributed by atoms with E-state index in [4.69, 9.17) is 4.74 Å². The number of hydrogen-bond donors (Lipinski definition) is 1. The van der Waals surface area contributed by atoms with Gasteiger partial charge in [-0.25, -0.2) is 8.42 Å². The van der Waals surface area contributed by atoms with E-state index in [1.54, 1.807) is 31.4 Å². The number of anilines is 1. The fourth-order valence-electron chi connectivity index (χ4n) is 4.02. The molecule has 8 nitrogen and oxygen atoms in total. The van der Waals surface area contributed by atoms with Gasteiger partial charge in [0.1, 0.15) is 18.3 Å². The molecule has 0 fully saturated rings. The van der Waals surface area contributed by atoms with Crippen molar-refractivity contribution in [2.75, 3.05) is 30.8 Å². The molecule has 0 saturated carbocycles. The van der Waals surface area contributed by atoms with E-state index in [0.29, 0.717) is 24.4 Å². The molecule has 0 aromatic heterocycles. The molecule has 198 valence electrons. The topological polar surface area (TPSA) is 96.0 Å². The fraction of sp³-hybridized carbons (Fsp3) is 0.481. The molecule has 9 heteroatoms.